The molecule has 4 heteroatoms. The number of hydrogen-bond acceptors (Lipinski definition) is 3. The van der Waals surface area contributed by atoms with Crippen LogP contribution in [0.4, 0.5) is 0 Å². The van der Waals surface area contributed by atoms with Crippen molar-refractivity contribution in [3.05, 3.63) is 58.6 Å². The number of ether oxygens (including phenoxy) is 2. The van der Waals surface area contributed by atoms with Crippen LogP contribution < -0.4 is 4.74 Å². The standard InChI is InChI=1S/C15H12ClNO2/c1-18-10-12-3-2-4-13(7-12)19-15-6-5-11(9-17)8-14(15)16/h2-8H,10H2,1H3. The molecule has 2 aromatic rings. The first kappa shape index (κ1) is 13.4. The maximum absolute atomic E-state index is 8.77. The number of nitriles is 1. The number of rotatable bonds is 4. The Hall–Kier alpha value is -2.02. The molecule has 0 aromatic heterocycles. The Labute approximate surface area is 117 Å². The lowest BCUT2D eigenvalue weighted by Crippen LogP contribution is -1.90. The molecule has 2 aromatic carbocycles. The molecule has 0 fully saturated rings. The molecule has 0 saturated carbocycles. The lowest BCUT2D eigenvalue weighted by atomic mass is 10.2. The van der Waals surface area contributed by atoms with Crippen LogP contribution in [0.15, 0.2) is 42.5 Å². The van der Waals surface area contributed by atoms with E-state index in [1.54, 1.807) is 25.3 Å². The van der Waals surface area contributed by atoms with E-state index in [4.69, 9.17) is 26.3 Å². The second kappa shape index (κ2) is 6.24. The first-order chi connectivity index (χ1) is 9.22. The molecule has 0 aliphatic heterocycles. The van der Waals surface area contributed by atoms with E-state index in [0.29, 0.717) is 28.7 Å². The average Bonchev–Trinajstić information content (AvgIpc) is 2.42. The molecule has 0 radical (unpaired) electrons. The minimum Gasteiger partial charge on any atom is -0.456 e. The van der Waals surface area contributed by atoms with Crippen LogP contribution in [0.1, 0.15) is 11.1 Å². The summed E-state index contributed by atoms with van der Waals surface area (Å²) in [5, 5.41) is 9.19. The Balaban J connectivity index is 2.21. The molecule has 0 N–H and O–H groups in total. The van der Waals surface area contributed by atoms with Gasteiger partial charge in [0.1, 0.15) is 11.5 Å². The zero-order valence-electron chi connectivity index (χ0n) is 10.4. The zero-order valence-corrected chi connectivity index (χ0v) is 11.1. The van der Waals surface area contributed by atoms with E-state index in [9.17, 15) is 0 Å². The maximum atomic E-state index is 8.77. The van der Waals surface area contributed by atoms with Gasteiger partial charge < -0.3 is 9.47 Å². The summed E-state index contributed by atoms with van der Waals surface area (Å²) in [6.45, 7) is 0.526. The van der Waals surface area contributed by atoms with Crippen molar-refractivity contribution in [1.82, 2.24) is 0 Å². The number of hydrogen-bond donors (Lipinski definition) is 0. The fraction of sp³-hybridized carbons (Fsp3) is 0.133. The summed E-state index contributed by atoms with van der Waals surface area (Å²) in [5.41, 5.74) is 1.52. The van der Waals surface area contributed by atoms with Gasteiger partial charge in [0, 0.05) is 7.11 Å². The van der Waals surface area contributed by atoms with Crippen LogP contribution in [-0.4, -0.2) is 7.11 Å². The Morgan fingerprint density at radius 3 is 2.74 bits per heavy atom. The highest BCUT2D eigenvalue weighted by molar-refractivity contribution is 6.32. The van der Waals surface area contributed by atoms with Crippen LogP contribution in [0.5, 0.6) is 11.5 Å². The molecule has 0 aliphatic carbocycles. The highest BCUT2D eigenvalue weighted by Crippen LogP contribution is 2.30. The highest BCUT2D eigenvalue weighted by Gasteiger charge is 2.05. The topological polar surface area (TPSA) is 42.2 Å². The van der Waals surface area contributed by atoms with E-state index in [-0.39, 0.29) is 0 Å². The minimum absolute atomic E-state index is 0.413. The van der Waals surface area contributed by atoms with Gasteiger partial charge >= 0.3 is 0 Å². The Bertz CT molecular complexity index is 620. The summed E-state index contributed by atoms with van der Waals surface area (Å²) in [6, 6.07) is 14.5. The second-order valence-electron chi connectivity index (χ2n) is 3.94. The van der Waals surface area contributed by atoms with Crippen molar-refractivity contribution in [2.45, 2.75) is 6.61 Å². The lowest BCUT2D eigenvalue weighted by molar-refractivity contribution is 0.184. The molecule has 0 saturated heterocycles. The van der Waals surface area contributed by atoms with Gasteiger partial charge in [0.05, 0.1) is 23.3 Å². The Morgan fingerprint density at radius 1 is 1.21 bits per heavy atom. The van der Waals surface area contributed by atoms with E-state index in [0.717, 1.165) is 5.56 Å². The van der Waals surface area contributed by atoms with Crippen LogP contribution in [-0.2, 0) is 11.3 Å². The number of benzene rings is 2. The van der Waals surface area contributed by atoms with E-state index in [1.807, 2.05) is 30.3 Å². The van der Waals surface area contributed by atoms with Crippen LogP contribution in [0.25, 0.3) is 0 Å². The lowest BCUT2D eigenvalue weighted by Gasteiger charge is -2.09. The molecule has 19 heavy (non-hydrogen) atoms. The maximum Gasteiger partial charge on any atom is 0.146 e. The third-order valence-electron chi connectivity index (χ3n) is 2.50. The molecule has 2 rings (SSSR count). The SMILES string of the molecule is COCc1cccc(Oc2ccc(C#N)cc2Cl)c1. The molecule has 0 spiro atoms. The van der Waals surface area contributed by atoms with Gasteiger partial charge in [0.2, 0.25) is 0 Å². The summed E-state index contributed by atoms with van der Waals surface area (Å²) in [6.07, 6.45) is 0. The van der Waals surface area contributed by atoms with E-state index in [2.05, 4.69) is 0 Å². The second-order valence-corrected chi connectivity index (χ2v) is 4.35. The third-order valence-corrected chi connectivity index (χ3v) is 2.79. The zero-order chi connectivity index (χ0) is 13.7. The monoisotopic (exact) mass is 273 g/mol. The quantitative estimate of drug-likeness (QED) is 0.840. The third kappa shape index (κ3) is 3.47. The molecule has 0 amide bonds. The molecule has 3 nitrogen and oxygen atoms in total. The van der Waals surface area contributed by atoms with Crippen molar-refractivity contribution < 1.29 is 9.47 Å². The summed E-state index contributed by atoms with van der Waals surface area (Å²) in [5.74, 6) is 1.20. The molecule has 0 heterocycles. The number of halogens is 1. The van der Waals surface area contributed by atoms with Crippen molar-refractivity contribution in [3.63, 3.8) is 0 Å². The largest absolute Gasteiger partial charge is 0.456 e. The van der Waals surface area contributed by atoms with Crippen LogP contribution in [0.2, 0.25) is 5.02 Å². The van der Waals surface area contributed by atoms with Crippen molar-refractivity contribution >= 4 is 11.6 Å². The predicted molar refractivity (Wildman–Crippen MR) is 73.4 cm³/mol. The Morgan fingerprint density at radius 2 is 2.05 bits per heavy atom. The molecule has 0 unspecified atom stereocenters. The van der Waals surface area contributed by atoms with Crippen molar-refractivity contribution in [1.29, 1.82) is 5.26 Å². The first-order valence-corrected chi connectivity index (χ1v) is 6.06. The molecular weight excluding hydrogens is 262 g/mol. The summed E-state index contributed by atoms with van der Waals surface area (Å²) < 4.78 is 10.8. The van der Waals surface area contributed by atoms with Gasteiger partial charge in [-0.15, -0.1) is 0 Å². The van der Waals surface area contributed by atoms with Crippen LogP contribution in [0, 0.1) is 11.3 Å². The van der Waals surface area contributed by atoms with E-state index < -0.39 is 0 Å². The summed E-state index contributed by atoms with van der Waals surface area (Å²) in [4.78, 5) is 0. The molecule has 0 aliphatic rings. The minimum atomic E-state index is 0.413. The van der Waals surface area contributed by atoms with Crippen LogP contribution >= 0.6 is 11.6 Å². The van der Waals surface area contributed by atoms with Gasteiger partial charge in [-0.25, -0.2) is 0 Å². The smallest absolute Gasteiger partial charge is 0.146 e. The van der Waals surface area contributed by atoms with Crippen molar-refractivity contribution in [3.8, 4) is 17.6 Å². The average molecular weight is 274 g/mol. The fourth-order valence-electron chi connectivity index (χ4n) is 1.65. The van der Waals surface area contributed by atoms with Crippen LogP contribution in [0.3, 0.4) is 0 Å². The van der Waals surface area contributed by atoms with Crippen molar-refractivity contribution in [2.75, 3.05) is 7.11 Å². The van der Waals surface area contributed by atoms with Gasteiger partial charge in [0.25, 0.3) is 0 Å². The summed E-state index contributed by atoms with van der Waals surface area (Å²) >= 11 is 6.06. The predicted octanol–water partition coefficient (Wildman–Crippen LogP) is 4.15. The van der Waals surface area contributed by atoms with Gasteiger partial charge in [-0.1, -0.05) is 23.7 Å². The fourth-order valence-corrected chi connectivity index (χ4v) is 1.86. The van der Waals surface area contributed by atoms with E-state index >= 15 is 0 Å². The van der Waals surface area contributed by atoms with Gasteiger partial charge in [-0.2, -0.15) is 5.26 Å². The molecule has 0 bridgehead atoms. The number of methoxy groups -OCH3 is 1. The molecular formula is C15H12ClNO2. The normalized spacial score (nSPS) is 9.95. The Kier molecular flexibility index (Phi) is 4.40. The highest BCUT2D eigenvalue weighted by atomic mass is 35.5. The van der Waals surface area contributed by atoms with Gasteiger partial charge in [0.15, 0.2) is 0 Å². The van der Waals surface area contributed by atoms with E-state index in [1.165, 1.54) is 0 Å². The first-order valence-electron chi connectivity index (χ1n) is 5.68. The number of nitrogens with zero attached hydrogens (tertiary/aromatic N) is 1. The molecule has 0 atom stereocenters. The van der Waals surface area contributed by atoms with Crippen molar-refractivity contribution in [2.24, 2.45) is 0 Å². The van der Waals surface area contributed by atoms with Gasteiger partial charge in [-0.05, 0) is 35.9 Å². The summed E-state index contributed by atoms with van der Waals surface area (Å²) in [7, 11) is 1.64. The molecule has 96 valence electrons. The van der Waals surface area contributed by atoms with Gasteiger partial charge in [-0.3, -0.25) is 0 Å².